The SMILES string of the molecule is COc1ccc(S(=O)(=O)NCCn2nc(-c3ccncc3)c3c2CCCC3)c(C)c1. The van der Waals surface area contributed by atoms with E-state index >= 15 is 0 Å². The Labute approximate surface area is 177 Å². The third kappa shape index (κ3) is 4.11. The number of hydrogen-bond donors (Lipinski definition) is 1. The molecule has 1 aliphatic rings. The van der Waals surface area contributed by atoms with Crippen LogP contribution in [0.4, 0.5) is 0 Å². The van der Waals surface area contributed by atoms with E-state index in [1.54, 1.807) is 44.6 Å². The Morgan fingerprint density at radius 2 is 1.90 bits per heavy atom. The van der Waals surface area contributed by atoms with Gasteiger partial charge in [-0.15, -0.1) is 0 Å². The van der Waals surface area contributed by atoms with Gasteiger partial charge in [-0.2, -0.15) is 5.10 Å². The van der Waals surface area contributed by atoms with E-state index in [0.717, 1.165) is 36.9 Å². The van der Waals surface area contributed by atoms with Gasteiger partial charge in [0.15, 0.2) is 0 Å². The van der Waals surface area contributed by atoms with Crippen molar-refractivity contribution in [3.05, 3.63) is 59.5 Å². The fraction of sp³-hybridized carbons (Fsp3) is 0.364. The highest BCUT2D eigenvalue weighted by molar-refractivity contribution is 7.89. The van der Waals surface area contributed by atoms with Crippen LogP contribution in [0.3, 0.4) is 0 Å². The molecule has 0 amide bonds. The van der Waals surface area contributed by atoms with Crippen molar-refractivity contribution in [1.82, 2.24) is 19.5 Å². The molecular weight excluding hydrogens is 400 g/mol. The van der Waals surface area contributed by atoms with Crippen LogP contribution in [0, 0.1) is 6.92 Å². The molecule has 3 aromatic rings. The second kappa shape index (κ2) is 8.57. The molecule has 7 nitrogen and oxygen atoms in total. The average Bonchev–Trinajstić information content (AvgIpc) is 3.13. The fourth-order valence-corrected chi connectivity index (χ4v) is 5.26. The first-order valence-corrected chi connectivity index (χ1v) is 11.6. The lowest BCUT2D eigenvalue weighted by Crippen LogP contribution is -2.28. The molecule has 0 radical (unpaired) electrons. The summed E-state index contributed by atoms with van der Waals surface area (Å²) >= 11 is 0. The standard InChI is InChI=1S/C22H26N4O3S/c1-16-15-18(29-2)7-8-21(16)30(27,28)24-13-14-26-20-6-4-3-5-19(20)22(25-26)17-9-11-23-12-10-17/h7-12,15,24H,3-6,13-14H2,1-2H3. The molecule has 30 heavy (non-hydrogen) atoms. The second-order valence-electron chi connectivity index (χ2n) is 7.47. The van der Waals surface area contributed by atoms with Crippen LogP contribution in [0.25, 0.3) is 11.3 Å². The van der Waals surface area contributed by atoms with E-state index in [1.165, 1.54) is 11.3 Å². The van der Waals surface area contributed by atoms with E-state index in [1.807, 2.05) is 16.8 Å². The number of nitrogens with zero attached hydrogens (tertiary/aromatic N) is 3. The maximum absolute atomic E-state index is 12.8. The Kier molecular flexibility index (Phi) is 5.87. The van der Waals surface area contributed by atoms with Crippen molar-refractivity contribution in [3.8, 4) is 17.0 Å². The van der Waals surface area contributed by atoms with E-state index in [2.05, 4.69) is 9.71 Å². The molecule has 1 aliphatic carbocycles. The smallest absolute Gasteiger partial charge is 0.240 e. The maximum atomic E-state index is 12.8. The number of methoxy groups -OCH3 is 1. The summed E-state index contributed by atoms with van der Waals surface area (Å²) in [6.45, 7) is 2.53. The predicted molar refractivity (Wildman–Crippen MR) is 115 cm³/mol. The van der Waals surface area contributed by atoms with E-state index in [9.17, 15) is 8.42 Å². The largest absolute Gasteiger partial charge is 0.497 e. The highest BCUT2D eigenvalue weighted by atomic mass is 32.2. The Bertz CT molecular complexity index is 1140. The molecule has 2 heterocycles. The summed E-state index contributed by atoms with van der Waals surface area (Å²) in [4.78, 5) is 4.36. The van der Waals surface area contributed by atoms with Crippen LogP contribution in [0.5, 0.6) is 5.75 Å². The summed E-state index contributed by atoms with van der Waals surface area (Å²) in [5.41, 5.74) is 5.18. The van der Waals surface area contributed by atoms with Gasteiger partial charge in [0.25, 0.3) is 0 Å². The number of sulfonamides is 1. The summed E-state index contributed by atoms with van der Waals surface area (Å²) in [5.74, 6) is 0.637. The first kappa shape index (κ1) is 20.6. The van der Waals surface area contributed by atoms with Crippen molar-refractivity contribution in [3.63, 3.8) is 0 Å². The minimum atomic E-state index is -3.61. The van der Waals surface area contributed by atoms with Crippen molar-refractivity contribution in [1.29, 1.82) is 0 Å². The third-order valence-electron chi connectivity index (χ3n) is 5.50. The van der Waals surface area contributed by atoms with Crippen molar-refractivity contribution in [2.24, 2.45) is 0 Å². The van der Waals surface area contributed by atoms with Crippen molar-refractivity contribution < 1.29 is 13.2 Å². The molecule has 1 N–H and O–H groups in total. The molecule has 8 heteroatoms. The van der Waals surface area contributed by atoms with Gasteiger partial charge >= 0.3 is 0 Å². The summed E-state index contributed by atoms with van der Waals surface area (Å²) in [7, 11) is -2.05. The second-order valence-corrected chi connectivity index (χ2v) is 9.20. The molecule has 2 aromatic heterocycles. The number of rotatable bonds is 7. The van der Waals surface area contributed by atoms with E-state index in [-0.39, 0.29) is 11.4 Å². The maximum Gasteiger partial charge on any atom is 0.240 e. The van der Waals surface area contributed by atoms with Crippen LogP contribution < -0.4 is 9.46 Å². The molecule has 1 aromatic carbocycles. The first-order chi connectivity index (χ1) is 14.5. The molecule has 4 rings (SSSR count). The number of aryl methyl sites for hydroxylation is 1. The highest BCUT2D eigenvalue weighted by Crippen LogP contribution is 2.31. The minimum absolute atomic E-state index is 0.267. The van der Waals surface area contributed by atoms with E-state index < -0.39 is 10.0 Å². The zero-order valence-corrected chi connectivity index (χ0v) is 18.1. The summed E-state index contributed by atoms with van der Waals surface area (Å²) in [5, 5.41) is 4.83. The van der Waals surface area contributed by atoms with Crippen LogP contribution in [0.15, 0.2) is 47.6 Å². The van der Waals surface area contributed by atoms with E-state index in [4.69, 9.17) is 9.84 Å². The Hall–Kier alpha value is -2.71. The Balaban J connectivity index is 1.52. The van der Waals surface area contributed by atoms with Crippen LogP contribution in [0.2, 0.25) is 0 Å². The minimum Gasteiger partial charge on any atom is -0.497 e. The quantitative estimate of drug-likeness (QED) is 0.627. The van der Waals surface area contributed by atoms with Crippen LogP contribution >= 0.6 is 0 Å². The van der Waals surface area contributed by atoms with Gasteiger partial charge in [-0.3, -0.25) is 9.67 Å². The zero-order chi connectivity index (χ0) is 21.1. The van der Waals surface area contributed by atoms with Gasteiger partial charge in [0.1, 0.15) is 5.75 Å². The molecule has 0 atom stereocenters. The van der Waals surface area contributed by atoms with Gasteiger partial charge < -0.3 is 4.74 Å². The number of aromatic nitrogens is 3. The topological polar surface area (TPSA) is 86.1 Å². The third-order valence-corrected chi connectivity index (χ3v) is 7.12. The van der Waals surface area contributed by atoms with Gasteiger partial charge in [0, 0.05) is 35.8 Å². The molecular formula is C22H26N4O3S. The fourth-order valence-electron chi connectivity index (χ4n) is 4.01. The van der Waals surface area contributed by atoms with Gasteiger partial charge in [0.2, 0.25) is 10.0 Å². The molecule has 0 aliphatic heterocycles. The van der Waals surface area contributed by atoms with Gasteiger partial charge in [-0.05, 0) is 68.5 Å². The first-order valence-electron chi connectivity index (χ1n) is 10.1. The van der Waals surface area contributed by atoms with Gasteiger partial charge in [-0.25, -0.2) is 13.1 Å². The van der Waals surface area contributed by atoms with Crippen LogP contribution in [-0.2, 0) is 29.4 Å². The monoisotopic (exact) mass is 426 g/mol. The molecule has 0 spiro atoms. The molecule has 0 saturated carbocycles. The Morgan fingerprint density at radius 3 is 2.63 bits per heavy atom. The van der Waals surface area contributed by atoms with E-state index in [0.29, 0.717) is 17.9 Å². The number of nitrogens with one attached hydrogen (secondary N) is 1. The molecule has 158 valence electrons. The number of hydrogen-bond acceptors (Lipinski definition) is 5. The molecule has 0 saturated heterocycles. The number of ether oxygens (including phenoxy) is 1. The molecule has 0 unspecified atom stereocenters. The van der Waals surface area contributed by atoms with Gasteiger partial charge in [-0.1, -0.05) is 0 Å². The summed E-state index contributed by atoms with van der Waals surface area (Å²) in [6.07, 6.45) is 7.80. The van der Waals surface area contributed by atoms with Crippen LogP contribution in [-0.4, -0.2) is 36.8 Å². The normalized spacial score (nSPS) is 13.8. The summed E-state index contributed by atoms with van der Waals surface area (Å²) in [6, 6.07) is 8.90. The average molecular weight is 427 g/mol. The number of fused-ring (bicyclic) bond motifs is 1. The van der Waals surface area contributed by atoms with Crippen LogP contribution in [0.1, 0.15) is 29.7 Å². The Morgan fingerprint density at radius 1 is 1.13 bits per heavy atom. The number of pyridine rings is 1. The lowest BCUT2D eigenvalue weighted by Gasteiger charge is -2.15. The summed E-state index contributed by atoms with van der Waals surface area (Å²) < 4.78 is 35.4. The number of benzene rings is 1. The van der Waals surface area contributed by atoms with Gasteiger partial charge in [0.05, 0.1) is 24.2 Å². The zero-order valence-electron chi connectivity index (χ0n) is 17.3. The van der Waals surface area contributed by atoms with Crippen molar-refractivity contribution in [2.45, 2.75) is 44.0 Å². The lowest BCUT2D eigenvalue weighted by molar-refractivity contribution is 0.414. The van der Waals surface area contributed by atoms with Crippen molar-refractivity contribution >= 4 is 10.0 Å². The van der Waals surface area contributed by atoms with Crippen molar-refractivity contribution in [2.75, 3.05) is 13.7 Å². The molecule has 0 bridgehead atoms. The molecule has 0 fully saturated rings. The highest BCUT2D eigenvalue weighted by Gasteiger charge is 2.22. The predicted octanol–water partition coefficient (Wildman–Crippen LogP) is 3.12. The lowest BCUT2D eigenvalue weighted by atomic mass is 9.94.